The first kappa shape index (κ1) is 30.5. The fourth-order valence-corrected chi connectivity index (χ4v) is 8.85. The Kier molecular flexibility index (Phi) is 7.94. The van der Waals surface area contributed by atoms with E-state index in [-0.39, 0.29) is 45.8 Å². The molecule has 1 aromatic heterocycles. The highest BCUT2D eigenvalue weighted by Crippen LogP contribution is 2.68. The third-order valence-electron chi connectivity index (χ3n) is 11.0. The molecule has 42 heavy (non-hydrogen) atoms. The number of aryl methyl sites for hydroxylation is 1. The lowest BCUT2D eigenvalue weighted by molar-refractivity contribution is -0.205. The quantitative estimate of drug-likeness (QED) is 0.273. The minimum Gasteiger partial charge on any atom is -0.461 e. The van der Waals surface area contributed by atoms with Gasteiger partial charge in [-0.15, -0.1) is 11.7 Å². The molecule has 3 saturated carbocycles. The summed E-state index contributed by atoms with van der Waals surface area (Å²) in [6.45, 7) is 14.3. The number of ketones is 1. The maximum atomic E-state index is 13.6. The van der Waals surface area contributed by atoms with E-state index in [0.717, 1.165) is 41.3 Å². The summed E-state index contributed by atoms with van der Waals surface area (Å²) in [5, 5.41) is 16.1. The summed E-state index contributed by atoms with van der Waals surface area (Å²) in [6, 6.07) is 7.10. The van der Waals surface area contributed by atoms with Crippen LogP contribution in [0.2, 0.25) is 0 Å². The van der Waals surface area contributed by atoms with Gasteiger partial charge in [0.05, 0.1) is 11.9 Å². The van der Waals surface area contributed by atoms with Gasteiger partial charge in [-0.3, -0.25) is 14.4 Å². The summed E-state index contributed by atoms with van der Waals surface area (Å²) in [5.41, 5.74) is 5.73. The van der Waals surface area contributed by atoms with Crippen molar-refractivity contribution >= 4 is 35.4 Å². The maximum absolute atomic E-state index is 13.6. The van der Waals surface area contributed by atoms with Crippen molar-refractivity contribution in [2.45, 2.75) is 84.1 Å². The number of aromatic nitrogens is 3. The Morgan fingerprint density at radius 1 is 1.29 bits per heavy atom. The number of carbonyl (C=O) groups excluding carboxylic acids is 3. The monoisotopic (exact) mass is 594 g/mol. The molecule has 0 saturated heterocycles. The van der Waals surface area contributed by atoms with E-state index < -0.39 is 34.9 Å². The van der Waals surface area contributed by atoms with E-state index in [0.29, 0.717) is 18.4 Å². The molecule has 3 aliphatic rings. The van der Waals surface area contributed by atoms with Gasteiger partial charge in [0, 0.05) is 28.7 Å². The zero-order valence-corrected chi connectivity index (χ0v) is 25.9. The molecule has 0 amide bonds. The number of nitrogens with zero attached hydrogens (tertiary/aromatic N) is 3. The van der Waals surface area contributed by atoms with Gasteiger partial charge in [-0.2, -0.15) is 9.67 Å². The van der Waals surface area contributed by atoms with Gasteiger partial charge in [-0.05, 0) is 62.0 Å². The lowest BCUT2D eigenvalue weighted by Crippen LogP contribution is -2.63. The third kappa shape index (κ3) is 4.80. The van der Waals surface area contributed by atoms with Crippen LogP contribution in [-0.2, 0) is 14.3 Å². The summed E-state index contributed by atoms with van der Waals surface area (Å²) >= 11 is 1.04. The molecule has 9 nitrogen and oxygen atoms in total. The number of aliphatic hydroxyl groups excluding tert-OH is 1. The molecule has 8 atom stereocenters. The Labute approximate surface area is 251 Å². The van der Waals surface area contributed by atoms with Gasteiger partial charge in [0.1, 0.15) is 11.9 Å². The molecule has 2 aromatic rings. The number of nitrogen functional groups attached to an aromatic ring is 1. The number of thioether (sulfide) groups is 1. The number of ether oxygens (including phenoxy) is 1. The predicted molar refractivity (Wildman–Crippen MR) is 161 cm³/mol. The van der Waals surface area contributed by atoms with Crippen molar-refractivity contribution in [1.82, 2.24) is 14.8 Å². The first-order valence-electron chi connectivity index (χ1n) is 14.8. The summed E-state index contributed by atoms with van der Waals surface area (Å²) in [5.74, 6) is -1.08. The predicted octanol–water partition coefficient (Wildman–Crippen LogP) is 4.86. The number of benzene rings is 1. The molecule has 0 spiro atoms. The lowest BCUT2D eigenvalue weighted by atomic mass is 9.44. The smallest absolute Gasteiger partial charge is 0.316 e. The number of anilines is 1. The van der Waals surface area contributed by atoms with Crippen LogP contribution in [-0.4, -0.2) is 55.5 Å². The second-order valence-corrected chi connectivity index (χ2v) is 14.1. The van der Waals surface area contributed by atoms with Gasteiger partial charge in [0.15, 0.2) is 0 Å². The van der Waals surface area contributed by atoms with E-state index >= 15 is 0 Å². The molecular formula is C32H42N4O5S. The average Bonchev–Trinajstić information content (AvgIpc) is 3.52. The van der Waals surface area contributed by atoms with Crippen molar-refractivity contribution in [3.8, 4) is 0 Å². The average molecular weight is 595 g/mol. The van der Waals surface area contributed by atoms with Crippen LogP contribution in [0.1, 0.15) is 75.7 Å². The fraction of sp³-hybridized carbons (Fsp3) is 0.594. The highest BCUT2D eigenvalue weighted by molar-refractivity contribution is 7.99. The summed E-state index contributed by atoms with van der Waals surface area (Å²) in [6.07, 6.45) is 3.84. The van der Waals surface area contributed by atoms with Crippen molar-refractivity contribution in [3.05, 3.63) is 48.0 Å². The van der Waals surface area contributed by atoms with E-state index in [4.69, 9.17) is 10.5 Å². The van der Waals surface area contributed by atoms with Gasteiger partial charge in [0.2, 0.25) is 11.1 Å². The Hall–Kier alpha value is -2.98. The van der Waals surface area contributed by atoms with Crippen molar-refractivity contribution in [1.29, 1.82) is 0 Å². The Balaban J connectivity index is 1.38. The minimum atomic E-state index is -0.723. The van der Waals surface area contributed by atoms with E-state index in [9.17, 15) is 19.5 Å². The summed E-state index contributed by atoms with van der Waals surface area (Å²) in [4.78, 5) is 44.1. The van der Waals surface area contributed by atoms with Crippen LogP contribution in [0.5, 0.6) is 0 Å². The topological polar surface area (TPSA) is 137 Å². The molecule has 5 rings (SSSR count). The van der Waals surface area contributed by atoms with Crippen LogP contribution < -0.4 is 5.73 Å². The second kappa shape index (κ2) is 10.9. The SMILES string of the molecule is C=C[C@]1(C)C[C@@H](OC(=O)CSc2nc(N)n(C(=O)c3cccc(C)c3)n2)[C@]2(C)[C@H](C)CC[C@]3(CCC(=O)[C@H]32)[C@@H](C)[C@@H]1O. The number of rotatable bonds is 6. The van der Waals surface area contributed by atoms with E-state index in [2.05, 4.69) is 37.4 Å². The Morgan fingerprint density at radius 2 is 2.02 bits per heavy atom. The van der Waals surface area contributed by atoms with E-state index in [1.165, 1.54) is 0 Å². The molecule has 226 valence electrons. The minimum absolute atomic E-state index is 0.0677. The molecule has 0 unspecified atom stereocenters. The van der Waals surface area contributed by atoms with E-state index in [1.807, 2.05) is 19.9 Å². The van der Waals surface area contributed by atoms with Crippen molar-refractivity contribution in [3.63, 3.8) is 0 Å². The van der Waals surface area contributed by atoms with Crippen molar-refractivity contribution in [2.24, 2.45) is 34.0 Å². The number of hydrogen-bond donors (Lipinski definition) is 2. The largest absolute Gasteiger partial charge is 0.461 e. The van der Waals surface area contributed by atoms with Gasteiger partial charge < -0.3 is 15.6 Å². The summed E-state index contributed by atoms with van der Waals surface area (Å²) < 4.78 is 7.31. The van der Waals surface area contributed by atoms with Crippen LogP contribution in [0.4, 0.5) is 5.95 Å². The molecule has 1 aromatic carbocycles. The van der Waals surface area contributed by atoms with Crippen LogP contribution in [0, 0.1) is 40.9 Å². The lowest BCUT2D eigenvalue weighted by Gasteiger charge is -2.61. The van der Waals surface area contributed by atoms with Gasteiger partial charge in [-0.1, -0.05) is 63.2 Å². The highest BCUT2D eigenvalue weighted by Gasteiger charge is 2.68. The zero-order chi connectivity index (χ0) is 30.6. The molecule has 10 heteroatoms. The molecule has 2 bridgehead atoms. The highest BCUT2D eigenvalue weighted by atomic mass is 32.2. The molecule has 3 aliphatic carbocycles. The van der Waals surface area contributed by atoms with Gasteiger partial charge in [-0.25, -0.2) is 0 Å². The standard InChI is InChI=1S/C32H42N4O5S/c1-7-30(5)16-23(31(6)19(3)11-13-32(20(4)26(30)39)14-12-22(37)25(31)32)41-24(38)17-42-29-34-28(33)36(35-29)27(40)21-10-8-9-18(2)15-21/h7-10,15,19-20,23,25-26,39H,1,11-14,16-17H2,2-6H3,(H2,33,34,35)/t19-,20+,23-,25+,26+,30-,31+,32+/m1/s1. The maximum Gasteiger partial charge on any atom is 0.316 e. The van der Waals surface area contributed by atoms with Gasteiger partial charge in [0.25, 0.3) is 5.91 Å². The molecule has 3 fully saturated rings. The van der Waals surface area contributed by atoms with Crippen molar-refractivity contribution < 1.29 is 24.2 Å². The third-order valence-corrected chi connectivity index (χ3v) is 11.8. The van der Waals surface area contributed by atoms with E-state index in [1.54, 1.807) is 24.3 Å². The fourth-order valence-electron chi connectivity index (χ4n) is 8.23. The number of Topliss-reactive ketones (excluding diaryl/α,β-unsaturated/α-hetero) is 1. The van der Waals surface area contributed by atoms with Gasteiger partial charge >= 0.3 is 5.97 Å². The summed E-state index contributed by atoms with van der Waals surface area (Å²) in [7, 11) is 0. The first-order chi connectivity index (χ1) is 19.8. The number of aliphatic hydroxyl groups is 1. The molecule has 0 aliphatic heterocycles. The van der Waals surface area contributed by atoms with Crippen molar-refractivity contribution in [2.75, 3.05) is 11.5 Å². The molecule has 3 N–H and O–H groups in total. The number of hydrogen-bond acceptors (Lipinski definition) is 9. The number of carbonyl (C=O) groups is 3. The molecule has 1 heterocycles. The Bertz CT molecular complexity index is 1430. The number of esters is 1. The van der Waals surface area contributed by atoms with Crippen LogP contribution in [0.25, 0.3) is 0 Å². The second-order valence-electron chi connectivity index (χ2n) is 13.2. The molecular weight excluding hydrogens is 552 g/mol. The first-order valence-corrected chi connectivity index (χ1v) is 15.8. The van der Waals surface area contributed by atoms with Crippen LogP contribution >= 0.6 is 11.8 Å². The zero-order valence-electron chi connectivity index (χ0n) is 25.1. The normalized spacial score (nSPS) is 36.0. The van der Waals surface area contributed by atoms with Crippen LogP contribution in [0.3, 0.4) is 0 Å². The van der Waals surface area contributed by atoms with Crippen LogP contribution in [0.15, 0.2) is 42.1 Å². The number of nitrogens with two attached hydrogens (primary N) is 1. The Morgan fingerprint density at radius 3 is 2.71 bits per heavy atom. The molecule has 0 radical (unpaired) electrons.